The van der Waals surface area contributed by atoms with Crippen molar-refractivity contribution in [2.24, 2.45) is 0 Å². The molecule has 0 spiro atoms. The number of carbonyl (C=O) groups is 4. The molecular weight excluding hydrogens is 619 g/mol. The number of carbonyl (C=O) groups excluding carboxylic acids is 3. The Bertz CT molecular complexity index is 1070. The summed E-state index contributed by atoms with van der Waals surface area (Å²) < 4.78 is 19.4. The molecule has 9 atom stereocenters. The van der Waals surface area contributed by atoms with Crippen molar-refractivity contribution >= 4 is 43.6 Å². The molecule has 3 aliphatic rings. The number of unbranched alkanes of at least 4 members (excludes halogenated alkanes) is 3. The van der Waals surface area contributed by atoms with Gasteiger partial charge in [-0.25, -0.2) is 14.2 Å². The number of aliphatic carboxylic acids is 1. The first-order chi connectivity index (χ1) is 20.2. The lowest BCUT2D eigenvalue weighted by Crippen LogP contribution is -2.65. The van der Waals surface area contributed by atoms with E-state index in [9.17, 15) is 44.2 Å². The van der Waals surface area contributed by atoms with Crippen LogP contribution >= 0.6 is 19.6 Å². The van der Waals surface area contributed by atoms with Crippen molar-refractivity contribution in [3.8, 4) is 0 Å². The number of thioether (sulfide) groups is 1. The first-order valence-electron chi connectivity index (χ1n) is 13.8. The zero-order chi connectivity index (χ0) is 31.9. The third kappa shape index (κ3) is 9.15. The van der Waals surface area contributed by atoms with Gasteiger partial charge in [-0.05, 0) is 32.1 Å². The second-order valence-corrected chi connectivity index (χ2v) is 13.2. The minimum Gasteiger partial charge on any atom is -0.481 e. The van der Waals surface area contributed by atoms with Gasteiger partial charge < -0.3 is 61.3 Å². The highest BCUT2D eigenvalue weighted by Gasteiger charge is 2.57. The second kappa shape index (κ2) is 15.2. The van der Waals surface area contributed by atoms with Crippen LogP contribution in [-0.2, 0) is 23.4 Å². The molecule has 2 saturated heterocycles. The fourth-order valence-corrected chi connectivity index (χ4v) is 7.61. The quantitative estimate of drug-likeness (QED) is 0.0492. The Balaban J connectivity index is 1.40. The first kappa shape index (κ1) is 35.3. The molecule has 20 heteroatoms. The summed E-state index contributed by atoms with van der Waals surface area (Å²) in [7, 11) is -5.22. The van der Waals surface area contributed by atoms with Gasteiger partial charge in [0.15, 0.2) is 6.10 Å². The van der Waals surface area contributed by atoms with Gasteiger partial charge in [0.25, 0.3) is 0 Å². The van der Waals surface area contributed by atoms with E-state index < -0.39 is 67.3 Å². The van der Waals surface area contributed by atoms with Crippen LogP contribution in [0.4, 0.5) is 9.59 Å². The normalized spacial score (nSPS) is 33.7. The number of ether oxygens (including phenoxy) is 1. The van der Waals surface area contributed by atoms with Crippen LogP contribution in [0.5, 0.6) is 0 Å². The summed E-state index contributed by atoms with van der Waals surface area (Å²) in [6.45, 7) is 0.394. The number of nitrogens with one attached hydrogen (secondary N) is 4. The molecule has 0 radical (unpaired) electrons. The van der Waals surface area contributed by atoms with Crippen LogP contribution in [0, 0.1) is 0 Å². The average molecular weight is 659 g/mol. The van der Waals surface area contributed by atoms with E-state index in [2.05, 4.69) is 25.8 Å². The minimum atomic E-state index is -5.22. The molecule has 4 amide bonds. The Morgan fingerprint density at radius 1 is 0.907 bits per heavy atom. The van der Waals surface area contributed by atoms with E-state index >= 15 is 0 Å². The number of carboxylic acid groups (broad SMARTS) is 1. The molecule has 0 aromatic rings. The van der Waals surface area contributed by atoms with Crippen molar-refractivity contribution in [3.05, 3.63) is 0 Å². The molecule has 2 heterocycles. The molecule has 0 aromatic heterocycles. The van der Waals surface area contributed by atoms with Crippen LogP contribution in [0.1, 0.15) is 44.9 Å². The standard InChI is InChI=1S/C23H39N4O14PS/c28-12(29)6-2-3-7-23(19-11(10-43-23)26-21(35)27-19)20(34)24-8-4-1-5-9-25-22(36)40-17-14(31)13(30)15(32)18(16(17)33)41-42(37,38)39/h11,13-19,30-33H,1-10H2,(H,24,34)(H,25,36)(H,28,29)(H2,26,27,35)(H2,37,38,39)/t11-,13-,14-,15-,16-,17+,18-,19-,23-/m0/s1. The molecule has 1 aliphatic carbocycles. The van der Waals surface area contributed by atoms with E-state index in [0.29, 0.717) is 50.8 Å². The van der Waals surface area contributed by atoms with Gasteiger partial charge in [0.05, 0.1) is 12.1 Å². The smallest absolute Gasteiger partial charge is 0.470 e. The van der Waals surface area contributed by atoms with Crippen LogP contribution in [0.2, 0.25) is 0 Å². The highest BCUT2D eigenvalue weighted by Crippen LogP contribution is 2.44. The molecule has 43 heavy (non-hydrogen) atoms. The Morgan fingerprint density at radius 2 is 1.56 bits per heavy atom. The van der Waals surface area contributed by atoms with Crippen molar-refractivity contribution in [2.45, 2.75) is 98.4 Å². The number of phosphoric acid groups is 1. The summed E-state index contributed by atoms with van der Waals surface area (Å²) in [5, 5.41) is 60.0. The van der Waals surface area contributed by atoms with E-state index in [0.717, 1.165) is 0 Å². The molecule has 3 rings (SSSR count). The molecule has 3 fully saturated rings. The van der Waals surface area contributed by atoms with Gasteiger partial charge in [-0.3, -0.25) is 14.1 Å². The predicted molar refractivity (Wildman–Crippen MR) is 147 cm³/mol. The van der Waals surface area contributed by atoms with Crippen molar-refractivity contribution in [3.63, 3.8) is 0 Å². The monoisotopic (exact) mass is 658 g/mol. The number of aliphatic hydroxyl groups excluding tert-OH is 4. The molecule has 0 aromatic carbocycles. The Labute approximate surface area is 250 Å². The Hall–Kier alpha value is -2.22. The van der Waals surface area contributed by atoms with Crippen molar-refractivity contribution in [1.82, 2.24) is 21.3 Å². The minimum absolute atomic E-state index is 0.0128. The summed E-state index contributed by atoms with van der Waals surface area (Å²) in [6, 6.07) is -0.976. The van der Waals surface area contributed by atoms with Crippen LogP contribution in [0.25, 0.3) is 0 Å². The van der Waals surface area contributed by atoms with Crippen LogP contribution < -0.4 is 21.3 Å². The number of amides is 4. The number of phosphoric ester groups is 1. The molecule has 2 aliphatic heterocycles. The van der Waals surface area contributed by atoms with Gasteiger partial charge >= 0.3 is 25.9 Å². The third-order valence-corrected chi connectivity index (χ3v) is 9.76. The van der Waals surface area contributed by atoms with Gasteiger partial charge in [-0.2, -0.15) is 0 Å². The second-order valence-electron chi connectivity index (χ2n) is 10.6. The fraction of sp³-hybridized carbons (Fsp3) is 0.826. The number of alkyl carbamates (subject to hydrolysis) is 1. The number of rotatable bonds is 15. The van der Waals surface area contributed by atoms with Gasteiger partial charge in [0, 0.05) is 25.3 Å². The lowest BCUT2D eigenvalue weighted by molar-refractivity contribution is -0.219. The molecule has 11 N–H and O–H groups in total. The lowest BCUT2D eigenvalue weighted by atomic mass is 9.85. The van der Waals surface area contributed by atoms with Crippen molar-refractivity contribution in [1.29, 1.82) is 0 Å². The van der Waals surface area contributed by atoms with Crippen LogP contribution in [-0.4, -0.2) is 132 Å². The van der Waals surface area contributed by atoms with Crippen LogP contribution in [0.3, 0.4) is 0 Å². The van der Waals surface area contributed by atoms with Gasteiger partial charge in [-0.1, -0.05) is 6.42 Å². The van der Waals surface area contributed by atoms with E-state index in [-0.39, 0.29) is 30.9 Å². The van der Waals surface area contributed by atoms with Gasteiger partial charge in [0.2, 0.25) is 5.91 Å². The third-order valence-electron chi connectivity index (χ3n) is 7.56. The van der Waals surface area contributed by atoms with Crippen molar-refractivity contribution in [2.75, 3.05) is 18.8 Å². The summed E-state index contributed by atoms with van der Waals surface area (Å²) in [4.78, 5) is 66.2. The van der Waals surface area contributed by atoms with E-state index in [1.165, 1.54) is 11.8 Å². The van der Waals surface area contributed by atoms with Crippen molar-refractivity contribution < 1.29 is 68.3 Å². The maximum absolute atomic E-state index is 13.3. The predicted octanol–water partition coefficient (Wildman–Crippen LogP) is -2.52. The molecular formula is C23H39N4O14PS. The van der Waals surface area contributed by atoms with E-state index in [1.54, 1.807) is 0 Å². The van der Waals surface area contributed by atoms with Crippen LogP contribution in [0.15, 0.2) is 0 Å². The number of urea groups is 1. The summed E-state index contributed by atoms with van der Waals surface area (Å²) >= 11 is 1.43. The molecule has 0 bridgehead atoms. The topological polar surface area (TPSA) is 294 Å². The zero-order valence-electron chi connectivity index (χ0n) is 23.0. The Morgan fingerprint density at radius 3 is 2.21 bits per heavy atom. The maximum Gasteiger partial charge on any atom is 0.470 e. The number of hydrogen-bond acceptors (Lipinski definition) is 12. The largest absolute Gasteiger partial charge is 0.481 e. The van der Waals surface area contributed by atoms with E-state index in [1.807, 2.05) is 0 Å². The molecule has 0 unspecified atom stereocenters. The van der Waals surface area contributed by atoms with Gasteiger partial charge in [0.1, 0.15) is 35.3 Å². The number of aliphatic hydroxyl groups is 4. The Kier molecular flexibility index (Phi) is 12.4. The molecule has 18 nitrogen and oxygen atoms in total. The number of carboxylic acids is 1. The fourth-order valence-electron chi connectivity index (χ4n) is 5.39. The average Bonchev–Trinajstić information content (AvgIpc) is 3.47. The lowest BCUT2D eigenvalue weighted by Gasteiger charge is -2.42. The van der Waals surface area contributed by atoms with Gasteiger partial charge in [-0.15, -0.1) is 11.8 Å². The summed E-state index contributed by atoms with van der Waals surface area (Å²) in [6.07, 6.45) is -10.4. The zero-order valence-corrected chi connectivity index (χ0v) is 24.7. The molecule has 246 valence electrons. The summed E-state index contributed by atoms with van der Waals surface area (Å²) in [5.41, 5.74) is 0. The SMILES string of the molecule is O=C(O)CCCC[C@]1(C(=O)NCCCCCNC(=O)O[C@H]2[C@H](O)[C@@H](OP(=O)(O)O)[C@@H](O)[C@@H](O)[C@@H]2O)SC[C@@H]2NC(=O)N[C@@H]21. The number of fused-ring (bicyclic) bond motifs is 1. The molecule has 1 saturated carbocycles. The highest BCUT2D eigenvalue weighted by molar-refractivity contribution is 8.01. The number of hydrogen-bond donors (Lipinski definition) is 11. The highest BCUT2D eigenvalue weighted by atomic mass is 32.2. The summed E-state index contributed by atoms with van der Waals surface area (Å²) in [5.74, 6) is -0.620. The van der Waals surface area contributed by atoms with E-state index in [4.69, 9.17) is 19.6 Å². The first-order valence-corrected chi connectivity index (χ1v) is 16.3. The maximum atomic E-state index is 13.3.